The fraction of sp³-hybridized carbons (Fsp3) is 0.350. The van der Waals surface area contributed by atoms with Crippen molar-refractivity contribution in [1.82, 2.24) is 9.62 Å². The molecule has 0 unspecified atom stereocenters. The van der Waals surface area contributed by atoms with E-state index in [9.17, 15) is 13.2 Å². The molecule has 1 N–H and O–H groups in total. The number of rotatable bonds is 6. The number of para-hydroxylation sites is 1. The van der Waals surface area contributed by atoms with Crippen LogP contribution in [0.4, 0.5) is 5.69 Å². The molecule has 0 bridgehead atoms. The summed E-state index contributed by atoms with van der Waals surface area (Å²) >= 11 is 6.15. The van der Waals surface area contributed by atoms with Crippen molar-refractivity contribution in [2.24, 2.45) is 0 Å². The third-order valence-electron chi connectivity index (χ3n) is 4.97. The number of hydrogen-bond donors (Lipinski definition) is 1. The molecule has 1 aliphatic rings. The number of fused-ring (bicyclic) bond motifs is 1. The second-order valence-corrected chi connectivity index (χ2v) is 9.62. The van der Waals surface area contributed by atoms with E-state index in [1.165, 1.54) is 43.5 Å². The van der Waals surface area contributed by atoms with Crippen molar-refractivity contribution in [1.29, 1.82) is 0 Å². The number of nitrogens with one attached hydrogen (secondary N) is 1. The molecule has 2 aromatic carbocycles. The average molecular weight is 422 g/mol. The van der Waals surface area contributed by atoms with Crippen molar-refractivity contribution in [2.45, 2.75) is 24.3 Å². The van der Waals surface area contributed by atoms with E-state index in [-0.39, 0.29) is 27.4 Å². The minimum absolute atomic E-state index is 0.0357. The molecule has 1 atom stereocenters. The van der Waals surface area contributed by atoms with Crippen molar-refractivity contribution in [2.75, 3.05) is 32.1 Å². The summed E-state index contributed by atoms with van der Waals surface area (Å²) in [7, 11) is -0.754. The van der Waals surface area contributed by atoms with Gasteiger partial charge < -0.3 is 10.2 Å². The molecule has 1 aliphatic heterocycles. The van der Waals surface area contributed by atoms with E-state index in [1.807, 2.05) is 12.1 Å². The quantitative estimate of drug-likeness (QED) is 0.778. The standard InChI is InChI=1S/C20H24ClN3O3S/c1-14(24-11-10-15-6-4-5-7-19(15)24)13-22-20(25)17-12-16(8-9-18(17)21)28(26,27)23(2)3/h4-9,12,14H,10-11,13H2,1-3H3,(H,22,25)/t14-/m0/s1. The molecular formula is C20H24ClN3O3S. The third kappa shape index (κ3) is 4.01. The average Bonchev–Trinajstić information content (AvgIpc) is 3.10. The molecule has 6 nitrogen and oxygen atoms in total. The van der Waals surface area contributed by atoms with Crippen LogP contribution in [0.5, 0.6) is 0 Å². The van der Waals surface area contributed by atoms with Crippen molar-refractivity contribution >= 4 is 33.2 Å². The van der Waals surface area contributed by atoms with Gasteiger partial charge in [-0.3, -0.25) is 4.79 Å². The predicted octanol–water partition coefficient (Wildman–Crippen LogP) is 2.77. The van der Waals surface area contributed by atoms with Crippen LogP contribution in [0.3, 0.4) is 0 Å². The lowest BCUT2D eigenvalue weighted by atomic mass is 10.1. The summed E-state index contributed by atoms with van der Waals surface area (Å²) < 4.78 is 25.7. The molecule has 0 aromatic heterocycles. The molecule has 1 heterocycles. The third-order valence-corrected chi connectivity index (χ3v) is 7.11. The number of nitrogens with zero attached hydrogens (tertiary/aromatic N) is 2. The van der Waals surface area contributed by atoms with Crippen molar-refractivity contribution in [3.63, 3.8) is 0 Å². The first-order valence-corrected chi connectivity index (χ1v) is 10.9. The van der Waals surface area contributed by atoms with Gasteiger partial charge in [0.25, 0.3) is 5.91 Å². The van der Waals surface area contributed by atoms with E-state index in [2.05, 4.69) is 29.3 Å². The molecular weight excluding hydrogens is 398 g/mol. The topological polar surface area (TPSA) is 69.7 Å². The normalized spacial score (nSPS) is 14.8. The van der Waals surface area contributed by atoms with E-state index in [0.29, 0.717) is 6.54 Å². The highest BCUT2D eigenvalue weighted by atomic mass is 35.5. The molecule has 0 saturated heterocycles. The van der Waals surface area contributed by atoms with Gasteiger partial charge in [0.2, 0.25) is 10.0 Å². The predicted molar refractivity (Wildman–Crippen MR) is 112 cm³/mol. The molecule has 0 radical (unpaired) electrons. The van der Waals surface area contributed by atoms with Gasteiger partial charge in [0, 0.05) is 38.9 Å². The largest absolute Gasteiger partial charge is 0.366 e. The van der Waals surface area contributed by atoms with Gasteiger partial charge in [0.1, 0.15) is 0 Å². The first-order valence-electron chi connectivity index (χ1n) is 9.06. The van der Waals surface area contributed by atoms with Crippen molar-refractivity contribution < 1.29 is 13.2 Å². The fourth-order valence-electron chi connectivity index (χ4n) is 3.32. The van der Waals surface area contributed by atoms with Crippen LogP contribution in [0.2, 0.25) is 5.02 Å². The summed E-state index contributed by atoms with van der Waals surface area (Å²) in [6.07, 6.45) is 0.991. The van der Waals surface area contributed by atoms with Gasteiger partial charge in [-0.2, -0.15) is 0 Å². The highest BCUT2D eigenvalue weighted by Gasteiger charge is 2.24. The Balaban J connectivity index is 1.72. The molecule has 3 rings (SSSR count). The van der Waals surface area contributed by atoms with Crippen LogP contribution in [0.15, 0.2) is 47.4 Å². The lowest BCUT2D eigenvalue weighted by molar-refractivity contribution is 0.0951. The van der Waals surface area contributed by atoms with Gasteiger partial charge in [0.05, 0.1) is 15.5 Å². The molecule has 2 aromatic rings. The summed E-state index contributed by atoms with van der Waals surface area (Å²) in [5.74, 6) is -0.389. The molecule has 150 valence electrons. The number of halogens is 1. The monoisotopic (exact) mass is 421 g/mol. The lowest BCUT2D eigenvalue weighted by Gasteiger charge is -2.27. The number of amides is 1. The highest BCUT2D eigenvalue weighted by molar-refractivity contribution is 7.89. The first-order chi connectivity index (χ1) is 13.2. The zero-order valence-corrected chi connectivity index (χ0v) is 17.7. The Kier molecular flexibility index (Phi) is 5.98. The van der Waals surface area contributed by atoms with E-state index in [0.717, 1.165) is 17.3 Å². The minimum Gasteiger partial charge on any atom is -0.366 e. The molecule has 0 aliphatic carbocycles. The van der Waals surface area contributed by atoms with Gasteiger partial charge in [-0.05, 0) is 43.2 Å². The van der Waals surface area contributed by atoms with Gasteiger partial charge in [0.15, 0.2) is 0 Å². The summed E-state index contributed by atoms with van der Waals surface area (Å²) in [4.78, 5) is 15.0. The van der Waals surface area contributed by atoms with Crippen molar-refractivity contribution in [3.05, 3.63) is 58.6 Å². The van der Waals surface area contributed by atoms with E-state index >= 15 is 0 Å². The zero-order chi connectivity index (χ0) is 20.5. The molecule has 28 heavy (non-hydrogen) atoms. The number of anilines is 1. The fourth-order valence-corrected chi connectivity index (χ4v) is 4.45. The Morgan fingerprint density at radius 3 is 2.68 bits per heavy atom. The number of hydrogen-bond acceptors (Lipinski definition) is 4. The van der Waals surface area contributed by atoms with Crippen molar-refractivity contribution in [3.8, 4) is 0 Å². The highest BCUT2D eigenvalue weighted by Crippen LogP contribution is 2.29. The maximum Gasteiger partial charge on any atom is 0.252 e. The van der Waals surface area contributed by atoms with Crippen LogP contribution in [0.25, 0.3) is 0 Å². The second kappa shape index (κ2) is 8.11. The molecule has 0 fully saturated rings. The second-order valence-electron chi connectivity index (χ2n) is 7.06. The SMILES string of the molecule is C[C@@H](CNC(=O)c1cc(S(=O)(=O)N(C)C)ccc1Cl)N1CCc2ccccc21. The van der Waals surface area contributed by atoms with Gasteiger partial charge in [-0.15, -0.1) is 0 Å². The lowest BCUT2D eigenvalue weighted by Crippen LogP contribution is -2.41. The van der Waals surface area contributed by atoms with Gasteiger partial charge >= 0.3 is 0 Å². The number of benzene rings is 2. The number of carbonyl (C=O) groups is 1. The molecule has 1 amide bonds. The van der Waals surface area contributed by atoms with E-state index < -0.39 is 10.0 Å². The summed E-state index contributed by atoms with van der Waals surface area (Å²) in [6.45, 7) is 3.39. The summed E-state index contributed by atoms with van der Waals surface area (Å²) in [5, 5.41) is 3.10. The Bertz CT molecular complexity index is 992. The van der Waals surface area contributed by atoms with Crippen LogP contribution in [-0.4, -0.2) is 51.9 Å². The van der Waals surface area contributed by atoms with E-state index in [4.69, 9.17) is 11.6 Å². The summed E-state index contributed by atoms with van der Waals surface area (Å²) in [6, 6.07) is 12.5. The minimum atomic E-state index is -3.64. The Labute approximate surface area is 171 Å². The van der Waals surface area contributed by atoms with E-state index in [1.54, 1.807) is 0 Å². The van der Waals surface area contributed by atoms with Crippen LogP contribution in [0, 0.1) is 0 Å². The maximum atomic E-state index is 12.7. The maximum absolute atomic E-state index is 12.7. The van der Waals surface area contributed by atoms with Gasteiger partial charge in [-0.1, -0.05) is 29.8 Å². The first kappa shape index (κ1) is 20.6. The Morgan fingerprint density at radius 2 is 1.96 bits per heavy atom. The smallest absolute Gasteiger partial charge is 0.252 e. The van der Waals surface area contributed by atoms with Crippen LogP contribution in [0.1, 0.15) is 22.8 Å². The van der Waals surface area contributed by atoms with Crippen LogP contribution in [-0.2, 0) is 16.4 Å². The zero-order valence-electron chi connectivity index (χ0n) is 16.1. The number of carbonyl (C=O) groups excluding carboxylic acids is 1. The van der Waals surface area contributed by atoms with Crippen LogP contribution < -0.4 is 10.2 Å². The molecule has 0 spiro atoms. The van der Waals surface area contributed by atoms with Gasteiger partial charge in [-0.25, -0.2) is 12.7 Å². The molecule has 8 heteroatoms. The summed E-state index contributed by atoms with van der Waals surface area (Å²) in [5.41, 5.74) is 2.66. The molecule has 0 saturated carbocycles. The number of sulfonamides is 1. The van der Waals surface area contributed by atoms with Crippen LogP contribution >= 0.6 is 11.6 Å². The Hall–Kier alpha value is -2.09. The Morgan fingerprint density at radius 1 is 1.25 bits per heavy atom.